The average molecular weight is 342 g/mol. The summed E-state index contributed by atoms with van der Waals surface area (Å²) in [4.78, 5) is 4.89. The van der Waals surface area contributed by atoms with Crippen LogP contribution >= 0.6 is 0 Å². The number of aromatic nitrogens is 2. The molecule has 0 bridgehead atoms. The third-order valence-corrected chi connectivity index (χ3v) is 4.61. The van der Waals surface area contributed by atoms with Crippen LogP contribution in [0.5, 0.6) is 5.75 Å². The van der Waals surface area contributed by atoms with Crippen molar-refractivity contribution >= 4 is 11.0 Å². The zero-order valence-electron chi connectivity index (χ0n) is 15.1. The Morgan fingerprint density at radius 3 is 2.54 bits per heavy atom. The maximum atomic E-state index is 5.98. The summed E-state index contributed by atoms with van der Waals surface area (Å²) in [5.74, 6) is 1.91. The molecule has 1 heterocycles. The van der Waals surface area contributed by atoms with Gasteiger partial charge in [-0.25, -0.2) is 4.98 Å². The molecule has 0 N–H and O–H groups in total. The highest BCUT2D eigenvalue weighted by atomic mass is 16.5. The highest BCUT2D eigenvalue weighted by molar-refractivity contribution is 5.81. The van der Waals surface area contributed by atoms with Gasteiger partial charge in [-0.2, -0.15) is 0 Å². The summed E-state index contributed by atoms with van der Waals surface area (Å²) in [5, 5.41) is 0. The second-order valence-corrected chi connectivity index (χ2v) is 6.56. The van der Waals surface area contributed by atoms with E-state index < -0.39 is 0 Å². The Morgan fingerprint density at radius 1 is 0.885 bits per heavy atom. The third kappa shape index (κ3) is 3.21. The van der Waals surface area contributed by atoms with E-state index in [2.05, 4.69) is 73.0 Å². The van der Waals surface area contributed by atoms with Crippen molar-refractivity contribution in [3.8, 4) is 17.1 Å². The van der Waals surface area contributed by atoms with Crippen LogP contribution in [0, 0.1) is 13.8 Å². The van der Waals surface area contributed by atoms with Crippen molar-refractivity contribution < 1.29 is 4.74 Å². The van der Waals surface area contributed by atoms with E-state index in [1.807, 2.05) is 18.2 Å². The second-order valence-electron chi connectivity index (χ2n) is 6.56. The number of imidazole rings is 1. The Kier molecular flexibility index (Phi) is 4.44. The summed E-state index contributed by atoms with van der Waals surface area (Å²) < 4.78 is 8.24. The topological polar surface area (TPSA) is 27.1 Å². The van der Waals surface area contributed by atoms with Gasteiger partial charge in [0.05, 0.1) is 17.6 Å². The number of benzene rings is 3. The zero-order chi connectivity index (χ0) is 17.9. The number of fused-ring (bicyclic) bond motifs is 1. The van der Waals surface area contributed by atoms with Crippen LogP contribution in [0.3, 0.4) is 0 Å². The van der Waals surface area contributed by atoms with Crippen molar-refractivity contribution in [3.05, 3.63) is 83.9 Å². The lowest BCUT2D eigenvalue weighted by molar-refractivity contribution is 0.300. The van der Waals surface area contributed by atoms with Crippen molar-refractivity contribution in [2.45, 2.75) is 20.4 Å². The minimum absolute atomic E-state index is 0.600. The van der Waals surface area contributed by atoms with Gasteiger partial charge < -0.3 is 9.30 Å². The number of ether oxygens (including phenoxy) is 1. The van der Waals surface area contributed by atoms with E-state index in [1.165, 1.54) is 16.7 Å². The summed E-state index contributed by atoms with van der Waals surface area (Å²) in [6.45, 7) is 5.55. The van der Waals surface area contributed by atoms with Crippen molar-refractivity contribution in [3.63, 3.8) is 0 Å². The van der Waals surface area contributed by atoms with Gasteiger partial charge in [-0.3, -0.25) is 0 Å². The summed E-state index contributed by atoms with van der Waals surface area (Å²) >= 11 is 0. The van der Waals surface area contributed by atoms with Crippen molar-refractivity contribution in [2.75, 3.05) is 6.61 Å². The lowest BCUT2D eigenvalue weighted by Crippen LogP contribution is -2.10. The molecule has 26 heavy (non-hydrogen) atoms. The Balaban J connectivity index is 1.67. The maximum absolute atomic E-state index is 5.98. The monoisotopic (exact) mass is 342 g/mol. The Hall–Kier alpha value is -3.07. The molecule has 0 unspecified atom stereocenters. The smallest absolute Gasteiger partial charge is 0.141 e. The lowest BCUT2D eigenvalue weighted by atomic mass is 10.1. The summed E-state index contributed by atoms with van der Waals surface area (Å²) in [7, 11) is 0. The predicted octanol–water partition coefficient (Wildman–Crippen LogP) is 5.40. The minimum Gasteiger partial charge on any atom is -0.492 e. The van der Waals surface area contributed by atoms with Gasteiger partial charge in [-0.1, -0.05) is 48.5 Å². The molecule has 0 aliphatic carbocycles. The van der Waals surface area contributed by atoms with E-state index in [-0.39, 0.29) is 0 Å². The fourth-order valence-electron chi connectivity index (χ4n) is 3.29. The molecular weight excluding hydrogens is 320 g/mol. The molecule has 3 heteroatoms. The zero-order valence-corrected chi connectivity index (χ0v) is 15.1. The van der Waals surface area contributed by atoms with E-state index in [9.17, 15) is 0 Å². The number of aryl methyl sites for hydroxylation is 2. The standard InChI is InChI=1S/C23H22N2O/c1-17-8-7-10-19(16-17)26-15-14-25-22-13-6-5-12-21(22)24-23(25)20-11-4-3-9-18(20)2/h3-13,16H,14-15H2,1-2H3. The molecule has 0 radical (unpaired) electrons. The third-order valence-electron chi connectivity index (χ3n) is 4.61. The van der Waals surface area contributed by atoms with Crippen molar-refractivity contribution in [1.82, 2.24) is 9.55 Å². The highest BCUT2D eigenvalue weighted by Gasteiger charge is 2.13. The molecule has 0 spiro atoms. The fraction of sp³-hybridized carbons (Fsp3) is 0.174. The number of rotatable bonds is 5. The largest absolute Gasteiger partial charge is 0.492 e. The second kappa shape index (κ2) is 7.04. The van der Waals surface area contributed by atoms with Gasteiger partial charge >= 0.3 is 0 Å². The van der Waals surface area contributed by atoms with Gasteiger partial charge in [-0.05, 0) is 49.2 Å². The molecule has 0 saturated heterocycles. The first-order valence-electron chi connectivity index (χ1n) is 8.93. The van der Waals surface area contributed by atoms with Gasteiger partial charge in [0.25, 0.3) is 0 Å². The maximum Gasteiger partial charge on any atom is 0.141 e. The lowest BCUT2D eigenvalue weighted by Gasteiger charge is -2.12. The van der Waals surface area contributed by atoms with Crippen molar-refractivity contribution in [1.29, 1.82) is 0 Å². The first kappa shape index (κ1) is 16.4. The van der Waals surface area contributed by atoms with Crippen LogP contribution in [0.2, 0.25) is 0 Å². The first-order chi connectivity index (χ1) is 12.7. The van der Waals surface area contributed by atoms with E-state index in [0.29, 0.717) is 6.61 Å². The molecule has 0 amide bonds. The molecular formula is C23H22N2O. The molecule has 0 aliphatic rings. The molecule has 3 aromatic carbocycles. The number of hydrogen-bond donors (Lipinski definition) is 0. The van der Waals surface area contributed by atoms with E-state index in [1.54, 1.807) is 0 Å². The fourth-order valence-corrected chi connectivity index (χ4v) is 3.29. The molecule has 4 aromatic rings. The normalized spacial score (nSPS) is 11.0. The summed E-state index contributed by atoms with van der Waals surface area (Å²) in [5.41, 5.74) is 5.75. The molecule has 0 atom stereocenters. The molecule has 1 aromatic heterocycles. The van der Waals surface area contributed by atoms with Gasteiger partial charge in [0.2, 0.25) is 0 Å². The molecule has 0 saturated carbocycles. The summed E-state index contributed by atoms with van der Waals surface area (Å²) in [6.07, 6.45) is 0. The minimum atomic E-state index is 0.600. The van der Waals surface area contributed by atoms with Crippen LogP contribution in [-0.4, -0.2) is 16.2 Å². The van der Waals surface area contributed by atoms with Crippen LogP contribution in [0.15, 0.2) is 72.8 Å². The Bertz CT molecular complexity index is 1050. The van der Waals surface area contributed by atoms with E-state index in [4.69, 9.17) is 9.72 Å². The van der Waals surface area contributed by atoms with Gasteiger partial charge in [0, 0.05) is 5.56 Å². The quantitative estimate of drug-likeness (QED) is 0.485. The summed E-state index contributed by atoms with van der Waals surface area (Å²) in [6, 6.07) is 24.8. The first-order valence-corrected chi connectivity index (χ1v) is 8.93. The van der Waals surface area contributed by atoms with Crippen LogP contribution in [0.25, 0.3) is 22.4 Å². The van der Waals surface area contributed by atoms with E-state index >= 15 is 0 Å². The number of nitrogens with zero attached hydrogens (tertiary/aromatic N) is 2. The van der Waals surface area contributed by atoms with Crippen LogP contribution in [-0.2, 0) is 6.54 Å². The van der Waals surface area contributed by atoms with Crippen LogP contribution in [0.1, 0.15) is 11.1 Å². The van der Waals surface area contributed by atoms with Gasteiger partial charge in [0.1, 0.15) is 18.2 Å². The predicted molar refractivity (Wildman–Crippen MR) is 107 cm³/mol. The van der Waals surface area contributed by atoms with Crippen LogP contribution < -0.4 is 4.74 Å². The van der Waals surface area contributed by atoms with Crippen LogP contribution in [0.4, 0.5) is 0 Å². The average Bonchev–Trinajstić information content (AvgIpc) is 3.01. The van der Waals surface area contributed by atoms with Gasteiger partial charge in [0.15, 0.2) is 0 Å². The SMILES string of the molecule is Cc1cccc(OCCn2c(-c3ccccc3C)nc3ccccc32)c1. The number of hydrogen-bond acceptors (Lipinski definition) is 2. The Labute approximate surface area is 153 Å². The van der Waals surface area contributed by atoms with Gasteiger partial charge in [-0.15, -0.1) is 0 Å². The highest BCUT2D eigenvalue weighted by Crippen LogP contribution is 2.27. The van der Waals surface area contributed by atoms with Crippen molar-refractivity contribution in [2.24, 2.45) is 0 Å². The molecule has 130 valence electrons. The Morgan fingerprint density at radius 2 is 1.69 bits per heavy atom. The molecule has 4 rings (SSSR count). The molecule has 0 fully saturated rings. The number of para-hydroxylation sites is 2. The van der Waals surface area contributed by atoms with E-state index in [0.717, 1.165) is 29.2 Å². The molecule has 3 nitrogen and oxygen atoms in total. The molecule has 0 aliphatic heterocycles.